The van der Waals surface area contributed by atoms with Crippen molar-refractivity contribution in [2.45, 2.75) is 0 Å². The zero-order valence-electron chi connectivity index (χ0n) is 10.2. The summed E-state index contributed by atoms with van der Waals surface area (Å²) in [4.78, 5) is 11.7. The summed E-state index contributed by atoms with van der Waals surface area (Å²) in [6.07, 6.45) is 0. The summed E-state index contributed by atoms with van der Waals surface area (Å²) in [5.41, 5.74) is 0.952. The number of furan rings is 1. The van der Waals surface area contributed by atoms with Crippen molar-refractivity contribution in [1.82, 2.24) is 5.32 Å². The second-order valence-electron chi connectivity index (χ2n) is 3.78. The molecule has 1 aromatic carbocycles. The Kier molecular flexibility index (Phi) is 4.15. The molecule has 0 bridgehead atoms. The van der Waals surface area contributed by atoms with Crippen LogP contribution in [-0.4, -0.2) is 26.2 Å². The van der Waals surface area contributed by atoms with E-state index in [2.05, 4.69) is 5.32 Å². The van der Waals surface area contributed by atoms with Crippen LogP contribution in [0.15, 0.2) is 46.9 Å². The summed E-state index contributed by atoms with van der Waals surface area (Å²) >= 11 is 0. The number of nitrogens with one attached hydrogen (secondary N) is 1. The van der Waals surface area contributed by atoms with Gasteiger partial charge in [-0.2, -0.15) is 0 Å². The van der Waals surface area contributed by atoms with Crippen LogP contribution < -0.4 is 5.32 Å². The van der Waals surface area contributed by atoms with Gasteiger partial charge in [0.05, 0.1) is 6.61 Å². The minimum atomic E-state index is -0.228. The van der Waals surface area contributed by atoms with Crippen LogP contribution in [0.4, 0.5) is 0 Å². The number of ether oxygens (including phenoxy) is 1. The summed E-state index contributed by atoms with van der Waals surface area (Å²) in [5, 5.41) is 2.71. The Hall–Kier alpha value is -2.07. The average Bonchev–Trinajstić information content (AvgIpc) is 2.89. The van der Waals surface area contributed by atoms with E-state index in [-0.39, 0.29) is 5.91 Å². The smallest absolute Gasteiger partial charge is 0.287 e. The Morgan fingerprint density at radius 2 is 2.00 bits per heavy atom. The van der Waals surface area contributed by atoms with Gasteiger partial charge in [-0.15, -0.1) is 0 Å². The van der Waals surface area contributed by atoms with E-state index in [1.165, 1.54) is 0 Å². The van der Waals surface area contributed by atoms with Crippen molar-refractivity contribution in [3.8, 4) is 11.3 Å². The largest absolute Gasteiger partial charge is 0.451 e. The summed E-state index contributed by atoms with van der Waals surface area (Å²) in [6.45, 7) is 0.953. The van der Waals surface area contributed by atoms with Crippen molar-refractivity contribution in [3.63, 3.8) is 0 Å². The highest BCUT2D eigenvalue weighted by Gasteiger charge is 2.11. The first-order chi connectivity index (χ1) is 8.81. The maximum absolute atomic E-state index is 11.7. The number of methoxy groups -OCH3 is 1. The van der Waals surface area contributed by atoms with E-state index in [9.17, 15) is 4.79 Å². The van der Waals surface area contributed by atoms with Crippen LogP contribution in [0.1, 0.15) is 10.6 Å². The van der Waals surface area contributed by atoms with Gasteiger partial charge in [-0.05, 0) is 12.1 Å². The Morgan fingerprint density at radius 3 is 2.72 bits per heavy atom. The van der Waals surface area contributed by atoms with Crippen LogP contribution in [0.3, 0.4) is 0 Å². The molecule has 0 aliphatic carbocycles. The molecule has 1 heterocycles. The maximum atomic E-state index is 11.7. The fraction of sp³-hybridized carbons (Fsp3) is 0.214. The van der Waals surface area contributed by atoms with Gasteiger partial charge in [0, 0.05) is 19.2 Å². The molecule has 2 rings (SSSR count). The molecule has 0 atom stereocenters. The SMILES string of the molecule is COCCNC(=O)c1ccc(-c2ccccc2)o1. The molecule has 0 aliphatic heterocycles. The Balaban J connectivity index is 2.04. The summed E-state index contributed by atoms with van der Waals surface area (Å²) in [5.74, 6) is 0.770. The number of benzene rings is 1. The number of hydrogen-bond donors (Lipinski definition) is 1. The molecule has 0 saturated carbocycles. The van der Waals surface area contributed by atoms with Gasteiger partial charge < -0.3 is 14.5 Å². The van der Waals surface area contributed by atoms with Gasteiger partial charge in [-0.1, -0.05) is 30.3 Å². The van der Waals surface area contributed by atoms with Crippen molar-refractivity contribution < 1.29 is 13.9 Å². The lowest BCUT2D eigenvalue weighted by molar-refractivity contribution is 0.0910. The first-order valence-electron chi connectivity index (χ1n) is 5.73. The summed E-state index contributed by atoms with van der Waals surface area (Å²) in [7, 11) is 1.59. The van der Waals surface area contributed by atoms with Crippen LogP contribution in [0.2, 0.25) is 0 Å². The van der Waals surface area contributed by atoms with Gasteiger partial charge in [-0.3, -0.25) is 4.79 Å². The zero-order chi connectivity index (χ0) is 12.8. The molecular formula is C14H15NO3. The predicted molar refractivity (Wildman–Crippen MR) is 68.4 cm³/mol. The molecule has 4 heteroatoms. The van der Waals surface area contributed by atoms with Gasteiger partial charge in [0.1, 0.15) is 5.76 Å². The van der Waals surface area contributed by atoms with Crippen molar-refractivity contribution in [1.29, 1.82) is 0 Å². The lowest BCUT2D eigenvalue weighted by Crippen LogP contribution is -2.26. The van der Waals surface area contributed by atoms with Crippen LogP contribution in [0.25, 0.3) is 11.3 Å². The minimum Gasteiger partial charge on any atom is -0.451 e. The topological polar surface area (TPSA) is 51.5 Å². The average molecular weight is 245 g/mol. The number of hydrogen-bond acceptors (Lipinski definition) is 3. The van der Waals surface area contributed by atoms with Crippen molar-refractivity contribution in [2.24, 2.45) is 0 Å². The summed E-state index contributed by atoms with van der Waals surface area (Å²) in [6, 6.07) is 13.1. The normalized spacial score (nSPS) is 10.3. The highest BCUT2D eigenvalue weighted by Crippen LogP contribution is 2.21. The van der Waals surface area contributed by atoms with Crippen LogP contribution >= 0.6 is 0 Å². The van der Waals surface area contributed by atoms with E-state index in [0.29, 0.717) is 24.7 Å². The third-order valence-electron chi connectivity index (χ3n) is 2.48. The molecule has 0 aliphatic rings. The third kappa shape index (κ3) is 2.99. The predicted octanol–water partition coefficient (Wildman–Crippen LogP) is 2.32. The van der Waals surface area contributed by atoms with Crippen molar-refractivity contribution in [2.75, 3.05) is 20.3 Å². The minimum absolute atomic E-state index is 0.228. The van der Waals surface area contributed by atoms with Crippen LogP contribution in [0.5, 0.6) is 0 Å². The van der Waals surface area contributed by atoms with Crippen LogP contribution in [0, 0.1) is 0 Å². The second-order valence-corrected chi connectivity index (χ2v) is 3.78. The lowest BCUT2D eigenvalue weighted by atomic mass is 10.2. The van der Waals surface area contributed by atoms with Gasteiger partial charge in [0.15, 0.2) is 5.76 Å². The highest BCUT2D eigenvalue weighted by atomic mass is 16.5. The molecule has 0 radical (unpaired) electrons. The van der Waals surface area contributed by atoms with Gasteiger partial charge >= 0.3 is 0 Å². The zero-order valence-corrected chi connectivity index (χ0v) is 10.2. The maximum Gasteiger partial charge on any atom is 0.287 e. The molecule has 1 amide bonds. The lowest BCUT2D eigenvalue weighted by Gasteiger charge is -2.01. The third-order valence-corrected chi connectivity index (χ3v) is 2.48. The van der Waals surface area contributed by atoms with Gasteiger partial charge in [0.2, 0.25) is 0 Å². The Morgan fingerprint density at radius 1 is 1.22 bits per heavy atom. The van der Waals surface area contributed by atoms with E-state index in [0.717, 1.165) is 5.56 Å². The molecular weight excluding hydrogens is 230 g/mol. The van der Waals surface area contributed by atoms with E-state index >= 15 is 0 Å². The number of carbonyl (C=O) groups is 1. The van der Waals surface area contributed by atoms with Gasteiger partial charge in [0.25, 0.3) is 5.91 Å². The fourth-order valence-corrected chi connectivity index (χ4v) is 1.57. The quantitative estimate of drug-likeness (QED) is 0.822. The molecule has 18 heavy (non-hydrogen) atoms. The highest BCUT2D eigenvalue weighted by molar-refractivity contribution is 5.92. The summed E-state index contributed by atoms with van der Waals surface area (Å²) < 4.78 is 10.4. The van der Waals surface area contributed by atoms with E-state index in [1.807, 2.05) is 30.3 Å². The molecule has 2 aromatic rings. The molecule has 0 spiro atoms. The molecule has 1 N–H and O–H groups in total. The molecule has 0 unspecified atom stereocenters. The Labute approximate surface area is 106 Å². The first kappa shape index (κ1) is 12.4. The van der Waals surface area contributed by atoms with E-state index in [1.54, 1.807) is 19.2 Å². The van der Waals surface area contributed by atoms with Crippen LogP contribution in [-0.2, 0) is 4.74 Å². The second kappa shape index (κ2) is 6.02. The molecule has 94 valence electrons. The van der Waals surface area contributed by atoms with Crippen molar-refractivity contribution in [3.05, 3.63) is 48.2 Å². The van der Waals surface area contributed by atoms with Crippen molar-refractivity contribution >= 4 is 5.91 Å². The standard InChI is InChI=1S/C14H15NO3/c1-17-10-9-15-14(16)13-8-7-12(18-13)11-5-3-2-4-6-11/h2-8H,9-10H2,1H3,(H,15,16). The number of amides is 1. The first-order valence-corrected chi connectivity index (χ1v) is 5.73. The van der Waals surface area contributed by atoms with E-state index < -0.39 is 0 Å². The molecule has 1 aromatic heterocycles. The molecule has 0 fully saturated rings. The number of carbonyl (C=O) groups excluding carboxylic acids is 1. The van der Waals surface area contributed by atoms with E-state index in [4.69, 9.17) is 9.15 Å². The molecule has 4 nitrogen and oxygen atoms in total. The monoisotopic (exact) mass is 245 g/mol. The Bertz CT molecular complexity index is 505. The fourth-order valence-electron chi connectivity index (χ4n) is 1.57. The molecule has 0 saturated heterocycles. The van der Waals surface area contributed by atoms with Gasteiger partial charge in [-0.25, -0.2) is 0 Å². The number of rotatable bonds is 5.